The topological polar surface area (TPSA) is 80.8 Å². The van der Waals surface area contributed by atoms with Crippen LogP contribution in [0.1, 0.15) is 19.3 Å². The van der Waals surface area contributed by atoms with Crippen molar-refractivity contribution in [2.24, 2.45) is 0 Å². The number of piperidine rings is 1. The summed E-state index contributed by atoms with van der Waals surface area (Å²) in [6.45, 7) is 1.75. The van der Waals surface area contributed by atoms with Crippen molar-refractivity contribution in [3.05, 3.63) is 0 Å². The first-order valence-corrected chi connectivity index (χ1v) is 7.66. The van der Waals surface area contributed by atoms with Crippen LogP contribution >= 0.6 is 0 Å². The number of carbonyl (C=O) groups excluding carboxylic acids is 1. The molecule has 0 N–H and O–H groups in total. The van der Waals surface area contributed by atoms with Crippen LogP contribution in [0.3, 0.4) is 0 Å². The fourth-order valence-corrected chi connectivity index (χ4v) is 3.48. The fourth-order valence-electron chi connectivity index (χ4n) is 2.60. The predicted octanol–water partition coefficient (Wildman–Crippen LogP) is -4.76. The van der Waals surface area contributed by atoms with Crippen molar-refractivity contribution in [2.75, 3.05) is 25.9 Å². The third-order valence-electron chi connectivity index (χ3n) is 3.69. The number of nitrogens with zero attached hydrogens (tertiary/aromatic N) is 2. The average Bonchev–Trinajstić information content (AvgIpc) is 2.14. The number of rotatable bonds is 3. The Balaban J connectivity index is 0.00000162. The van der Waals surface area contributed by atoms with Crippen molar-refractivity contribution in [1.82, 2.24) is 9.21 Å². The van der Waals surface area contributed by atoms with Gasteiger partial charge in [-0.15, -0.1) is 0 Å². The van der Waals surface area contributed by atoms with Gasteiger partial charge in [-0.2, -0.15) is 0 Å². The third kappa shape index (κ3) is 3.28. The second-order valence-corrected chi connectivity index (χ2v) is 6.74. The Morgan fingerprint density at radius 1 is 1.17 bits per heavy atom. The van der Waals surface area contributed by atoms with Crippen molar-refractivity contribution >= 4 is 16.0 Å². The van der Waals surface area contributed by atoms with Crippen LogP contribution in [-0.4, -0.2) is 61.6 Å². The van der Waals surface area contributed by atoms with Gasteiger partial charge in [0.05, 0.1) is 18.3 Å². The van der Waals surface area contributed by atoms with Crippen molar-refractivity contribution in [3.8, 4) is 0 Å². The minimum absolute atomic E-state index is 0. The van der Waals surface area contributed by atoms with Crippen molar-refractivity contribution in [3.63, 3.8) is 0 Å². The van der Waals surface area contributed by atoms with Gasteiger partial charge in [-0.1, -0.05) is 0 Å². The molecule has 0 radical (unpaired) electrons. The van der Waals surface area contributed by atoms with Gasteiger partial charge in [0.25, 0.3) is 0 Å². The molecule has 0 saturated carbocycles. The molecule has 6 nitrogen and oxygen atoms in total. The zero-order valence-electron chi connectivity index (χ0n) is 10.8. The largest absolute Gasteiger partial charge is 1.00 e. The van der Waals surface area contributed by atoms with E-state index < -0.39 is 22.0 Å². The second kappa shape index (κ2) is 5.93. The molecule has 2 heterocycles. The minimum Gasteiger partial charge on any atom is -0.548 e. The molecular weight excluding hydrogens is 251 g/mol. The molecule has 2 fully saturated rings. The van der Waals surface area contributed by atoms with Crippen LogP contribution < -0.4 is 24.0 Å². The Kier molecular flexibility index (Phi) is 5.27. The molecule has 0 bridgehead atoms. The summed E-state index contributed by atoms with van der Waals surface area (Å²) in [5.74, 6) is -1.01. The monoisotopic (exact) mass is 268 g/mol. The van der Waals surface area contributed by atoms with E-state index in [0.717, 1.165) is 6.54 Å². The molecule has 0 spiro atoms. The summed E-state index contributed by atoms with van der Waals surface area (Å²) in [6.07, 6.45) is 3.27. The van der Waals surface area contributed by atoms with E-state index in [1.54, 1.807) is 0 Å². The number of carboxylic acid groups (broad SMARTS) is 1. The molecule has 98 valence electrons. The van der Waals surface area contributed by atoms with Gasteiger partial charge >= 0.3 is 18.9 Å². The first-order chi connectivity index (χ1) is 7.89. The zero-order chi connectivity index (χ0) is 12.6. The molecule has 0 aromatic carbocycles. The molecule has 0 amide bonds. The molecular formula is C10H17LiN2O4S. The molecule has 8 heteroatoms. The smallest absolute Gasteiger partial charge is 0.548 e. The van der Waals surface area contributed by atoms with Gasteiger partial charge < -0.3 is 9.90 Å². The predicted molar refractivity (Wildman–Crippen MR) is 59.6 cm³/mol. The normalized spacial score (nSPS) is 27.3. The van der Waals surface area contributed by atoms with Gasteiger partial charge in [-0.3, -0.25) is 4.90 Å². The summed E-state index contributed by atoms with van der Waals surface area (Å²) < 4.78 is 24.1. The molecule has 0 aromatic heterocycles. The number of carbonyl (C=O) groups is 1. The number of hydrogen-bond donors (Lipinski definition) is 0. The van der Waals surface area contributed by atoms with E-state index in [4.69, 9.17) is 0 Å². The maximum absolute atomic E-state index is 11.3. The van der Waals surface area contributed by atoms with Crippen molar-refractivity contribution < 1.29 is 37.2 Å². The third-order valence-corrected chi connectivity index (χ3v) is 5.00. The Morgan fingerprint density at radius 2 is 1.72 bits per heavy atom. The first-order valence-electron chi connectivity index (χ1n) is 5.81. The van der Waals surface area contributed by atoms with Crippen LogP contribution in [0.25, 0.3) is 0 Å². The number of aliphatic carboxylic acids is 1. The van der Waals surface area contributed by atoms with Crippen LogP contribution in [0, 0.1) is 0 Å². The average molecular weight is 268 g/mol. The number of sulfonamides is 1. The van der Waals surface area contributed by atoms with Crippen LogP contribution in [0.4, 0.5) is 0 Å². The molecule has 0 aliphatic carbocycles. The van der Waals surface area contributed by atoms with Crippen LogP contribution in [-0.2, 0) is 14.8 Å². The fraction of sp³-hybridized carbons (Fsp3) is 0.900. The van der Waals surface area contributed by atoms with Crippen LogP contribution in [0.2, 0.25) is 0 Å². The van der Waals surface area contributed by atoms with E-state index in [1.807, 2.05) is 4.90 Å². The van der Waals surface area contributed by atoms with E-state index in [2.05, 4.69) is 0 Å². The van der Waals surface area contributed by atoms with Crippen molar-refractivity contribution in [2.45, 2.75) is 31.3 Å². The maximum Gasteiger partial charge on any atom is 1.00 e. The Bertz CT molecular complexity index is 406. The second-order valence-electron chi connectivity index (χ2n) is 4.75. The molecule has 2 aliphatic heterocycles. The summed E-state index contributed by atoms with van der Waals surface area (Å²) in [5, 5.41) is 10.8. The summed E-state index contributed by atoms with van der Waals surface area (Å²) >= 11 is 0. The van der Waals surface area contributed by atoms with E-state index in [9.17, 15) is 18.3 Å². The van der Waals surface area contributed by atoms with E-state index in [0.29, 0.717) is 32.4 Å². The molecule has 0 aromatic rings. The zero-order valence-corrected chi connectivity index (χ0v) is 11.6. The maximum atomic E-state index is 11.3. The molecule has 2 saturated heterocycles. The van der Waals surface area contributed by atoms with Crippen molar-refractivity contribution in [1.29, 1.82) is 0 Å². The number of carboxylic acids is 1. The quantitative estimate of drug-likeness (QED) is 0.480. The van der Waals surface area contributed by atoms with Gasteiger partial charge in [-0.05, 0) is 19.3 Å². The van der Waals surface area contributed by atoms with Crippen LogP contribution in [0.5, 0.6) is 0 Å². The Hall–Kier alpha value is -0.0626. The molecule has 2 rings (SSSR count). The van der Waals surface area contributed by atoms with E-state index in [1.165, 1.54) is 10.6 Å². The van der Waals surface area contributed by atoms with Gasteiger partial charge in [0.2, 0.25) is 10.0 Å². The first kappa shape index (κ1) is 16.0. The molecule has 1 atom stereocenters. The summed E-state index contributed by atoms with van der Waals surface area (Å²) in [4.78, 5) is 12.7. The van der Waals surface area contributed by atoms with Gasteiger partial charge in [0, 0.05) is 25.7 Å². The van der Waals surface area contributed by atoms with Gasteiger partial charge in [0.15, 0.2) is 0 Å². The number of likely N-dealkylation sites (tertiary alicyclic amines) is 1. The molecule has 18 heavy (non-hydrogen) atoms. The Morgan fingerprint density at radius 3 is 2.06 bits per heavy atom. The van der Waals surface area contributed by atoms with Gasteiger partial charge in [-0.25, -0.2) is 12.7 Å². The van der Waals surface area contributed by atoms with E-state index >= 15 is 0 Å². The summed E-state index contributed by atoms with van der Waals surface area (Å²) in [7, 11) is -3.11. The Labute approximate surface area is 120 Å². The molecule has 2 aliphatic rings. The standard InChI is InChI=1S/C10H18N2O4S.Li/c1-17(15,16)11-5-2-8(3-6-11)12-7-4-9(12)10(13)14;/h8-9H,2-7H2,1H3,(H,13,14);/q;+1/p-1. The minimum atomic E-state index is -3.11. The van der Waals surface area contributed by atoms with Gasteiger partial charge in [0.1, 0.15) is 0 Å². The summed E-state index contributed by atoms with van der Waals surface area (Å²) in [6, 6.07) is -0.283. The SMILES string of the molecule is CS(=O)(=O)N1CCC(N2CCC2C(=O)[O-])CC1.[Li+]. The van der Waals surface area contributed by atoms with Crippen LogP contribution in [0.15, 0.2) is 0 Å². The van der Waals surface area contributed by atoms with E-state index in [-0.39, 0.29) is 24.9 Å². The summed E-state index contributed by atoms with van der Waals surface area (Å²) in [5.41, 5.74) is 0. The number of hydrogen-bond acceptors (Lipinski definition) is 5. The molecule has 1 unspecified atom stereocenters.